The summed E-state index contributed by atoms with van der Waals surface area (Å²) in [6, 6.07) is 11.1. The van der Waals surface area contributed by atoms with Gasteiger partial charge in [0.05, 0.1) is 21.8 Å². The van der Waals surface area contributed by atoms with E-state index in [1.54, 1.807) is 36.3 Å². The van der Waals surface area contributed by atoms with Crippen molar-refractivity contribution >= 4 is 29.3 Å². The number of benzene rings is 1. The highest BCUT2D eigenvalue weighted by atomic mass is 35.5. The standard InChI is InChI=1S/C17H14ClN3OS/c1-11-16(23-15-7-5-14(18)6-8-15)12(2)21(20-11)17(22)13-4-3-9-19-10-13/h3-10H,1-2H3. The van der Waals surface area contributed by atoms with Crippen LogP contribution in [0.5, 0.6) is 0 Å². The molecule has 0 aliphatic heterocycles. The van der Waals surface area contributed by atoms with Crippen molar-refractivity contribution in [3.8, 4) is 0 Å². The minimum absolute atomic E-state index is 0.179. The minimum Gasteiger partial charge on any atom is -0.267 e. The quantitative estimate of drug-likeness (QED) is 0.707. The van der Waals surface area contributed by atoms with E-state index < -0.39 is 0 Å². The predicted molar refractivity (Wildman–Crippen MR) is 91.2 cm³/mol. The summed E-state index contributed by atoms with van der Waals surface area (Å²) >= 11 is 7.49. The highest BCUT2D eigenvalue weighted by molar-refractivity contribution is 7.99. The van der Waals surface area contributed by atoms with Gasteiger partial charge in [-0.05, 0) is 50.2 Å². The van der Waals surface area contributed by atoms with Crippen molar-refractivity contribution in [2.24, 2.45) is 0 Å². The van der Waals surface area contributed by atoms with Crippen LogP contribution in [0.3, 0.4) is 0 Å². The summed E-state index contributed by atoms with van der Waals surface area (Å²) in [5.74, 6) is -0.179. The van der Waals surface area contributed by atoms with Crippen molar-refractivity contribution in [2.75, 3.05) is 0 Å². The van der Waals surface area contributed by atoms with Gasteiger partial charge in [0.15, 0.2) is 0 Å². The summed E-state index contributed by atoms with van der Waals surface area (Å²) in [4.78, 5) is 18.6. The normalized spacial score (nSPS) is 10.7. The van der Waals surface area contributed by atoms with E-state index in [9.17, 15) is 4.79 Å². The van der Waals surface area contributed by atoms with Crippen molar-refractivity contribution in [2.45, 2.75) is 23.6 Å². The van der Waals surface area contributed by atoms with Crippen LogP contribution in [0.25, 0.3) is 0 Å². The molecule has 0 spiro atoms. The Hall–Kier alpha value is -2.11. The molecular formula is C17H14ClN3OS. The second kappa shape index (κ2) is 6.56. The van der Waals surface area contributed by atoms with Gasteiger partial charge in [0.2, 0.25) is 0 Å². The maximum atomic E-state index is 12.6. The molecule has 0 saturated heterocycles. The van der Waals surface area contributed by atoms with Crippen molar-refractivity contribution in [3.05, 3.63) is 70.8 Å². The SMILES string of the molecule is Cc1nn(C(=O)c2cccnc2)c(C)c1Sc1ccc(Cl)cc1. The smallest absolute Gasteiger partial charge is 0.267 e. The molecule has 116 valence electrons. The van der Waals surface area contributed by atoms with Crippen molar-refractivity contribution in [3.63, 3.8) is 0 Å². The van der Waals surface area contributed by atoms with Crippen LogP contribution < -0.4 is 0 Å². The maximum absolute atomic E-state index is 12.6. The van der Waals surface area contributed by atoms with Gasteiger partial charge in [0.25, 0.3) is 5.91 Å². The molecule has 0 fully saturated rings. The second-order valence-corrected chi connectivity index (χ2v) is 6.53. The molecule has 0 aliphatic rings. The number of pyridine rings is 1. The summed E-state index contributed by atoms with van der Waals surface area (Å²) in [5.41, 5.74) is 2.15. The lowest BCUT2D eigenvalue weighted by molar-refractivity contribution is 0.0941. The number of aryl methyl sites for hydroxylation is 1. The van der Waals surface area contributed by atoms with E-state index in [4.69, 9.17) is 11.6 Å². The molecule has 0 unspecified atom stereocenters. The van der Waals surface area contributed by atoms with Gasteiger partial charge in [-0.25, -0.2) is 0 Å². The third kappa shape index (κ3) is 3.30. The molecule has 2 aromatic heterocycles. The Labute approximate surface area is 143 Å². The zero-order valence-corrected chi connectivity index (χ0v) is 14.2. The third-order valence-electron chi connectivity index (χ3n) is 3.36. The molecule has 0 amide bonds. The van der Waals surface area contributed by atoms with E-state index in [1.165, 1.54) is 4.68 Å². The van der Waals surface area contributed by atoms with Crippen LogP contribution in [0, 0.1) is 13.8 Å². The zero-order chi connectivity index (χ0) is 16.4. The van der Waals surface area contributed by atoms with Gasteiger partial charge in [-0.3, -0.25) is 9.78 Å². The van der Waals surface area contributed by atoms with Crippen LogP contribution >= 0.6 is 23.4 Å². The number of aromatic nitrogens is 3. The highest BCUT2D eigenvalue weighted by Crippen LogP contribution is 2.33. The largest absolute Gasteiger partial charge is 0.279 e. The van der Waals surface area contributed by atoms with Crippen molar-refractivity contribution < 1.29 is 4.79 Å². The van der Waals surface area contributed by atoms with Crippen LogP contribution in [-0.2, 0) is 0 Å². The first-order valence-electron chi connectivity index (χ1n) is 7.00. The van der Waals surface area contributed by atoms with E-state index in [0.29, 0.717) is 10.6 Å². The fraction of sp³-hybridized carbons (Fsp3) is 0.118. The van der Waals surface area contributed by atoms with Gasteiger partial charge in [0.1, 0.15) is 0 Å². The number of halogens is 1. The average molecular weight is 344 g/mol. The van der Waals surface area contributed by atoms with Gasteiger partial charge in [-0.1, -0.05) is 23.4 Å². The number of hydrogen-bond acceptors (Lipinski definition) is 4. The molecule has 0 saturated carbocycles. The van der Waals surface area contributed by atoms with Crippen LogP contribution in [0.2, 0.25) is 5.02 Å². The Bertz CT molecular complexity index is 844. The monoisotopic (exact) mass is 343 g/mol. The number of carbonyl (C=O) groups is 1. The predicted octanol–water partition coefficient (Wildman–Crippen LogP) is 4.39. The molecule has 0 bridgehead atoms. The Morgan fingerprint density at radius 2 is 1.91 bits per heavy atom. The fourth-order valence-corrected chi connectivity index (χ4v) is 3.26. The van der Waals surface area contributed by atoms with Crippen LogP contribution in [0.4, 0.5) is 0 Å². The van der Waals surface area contributed by atoms with Crippen LogP contribution in [-0.4, -0.2) is 20.7 Å². The fourth-order valence-electron chi connectivity index (χ4n) is 2.21. The molecule has 3 aromatic rings. The van der Waals surface area contributed by atoms with E-state index in [2.05, 4.69) is 10.1 Å². The lowest BCUT2D eigenvalue weighted by atomic mass is 10.2. The summed E-state index contributed by atoms with van der Waals surface area (Å²) in [6.45, 7) is 3.80. The minimum atomic E-state index is -0.179. The third-order valence-corrected chi connectivity index (χ3v) is 4.91. The van der Waals surface area contributed by atoms with Crippen LogP contribution in [0.15, 0.2) is 58.6 Å². The summed E-state index contributed by atoms with van der Waals surface area (Å²) in [7, 11) is 0. The Kier molecular flexibility index (Phi) is 4.50. The molecule has 0 N–H and O–H groups in total. The molecule has 0 radical (unpaired) electrons. The first kappa shape index (κ1) is 15.8. The topological polar surface area (TPSA) is 47.8 Å². The Morgan fingerprint density at radius 1 is 1.17 bits per heavy atom. The molecule has 6 heteroatoms. The molecule has 0 aliphatic carbocycles. The maximum Gasteiger partial charge on any atom is 0.279 e. The first-order chi connectivity index (χ1) is 11.1. The van der Waals surface area contributed by atoms with E-state index in [0.717, 1.165) is 21.2 Å². The molecule has 3 rings (SSSR count). The Balaban J connectivity index is 1.93. The van der Waals surface area contributed by atoms with Gasteiger partial charge in [-0.15, -0.1) is 0 Å². The van der Waals surface area contributed by atoms with E-state index in [1.807, 2.05) is 38.1 Å². The van der Waals surface area contributed by atoms with Gasteiger partial charge < -0.3 is 0 Å². The van der Waals surface area contributed by atoms with Crippen LogP contribution in [0.1, 0.15) is 21.7 Å². The number of rotatable bonds is 3. The summed E-state index contributed by atoms with van der Waals surface area (Å²) in [5, 5.41) is 5.09. The number of carbonyl (C=O) groups excluding carboxylic acids is 1. The van der Waals surface area contributed by atoms with Gasteiger partial charge >= 0.3 is 0 Å². The lowest BCUT2D eigenvalue weighted by Crippen LogP contribution is -2.15. The Morgan fingerprint density at radius 3 is 2.57 bits per heavy atom. The molecule has 4 nitrogen and oxygen atoms in total. The van der Waals surface area contributed by atoms with Crippen molar-refractivity contribution in [1.82, 2.24) is 14.8 Å². The molecule has 23 heavy (non-hydrogen) atoms. The zero-order valence-electron chi connectivity index (χ0n) is 12.7. The summed E-state index contributed by atoms with van der Waals surface area (Å²) < 4.78 is 1.44. The second-order valence-electron chi connectivity index (χ2n) is 5.01. The van der Waals surface area contributed by atoms with Crippen molar-refractivity contribution in [1.29, 1.82) is 0 Å². The molecule has 2 heterocycles. The summed E-state index contributed by atoms with van der Waals surface area (Å²) in [6.07, 6.45) is 3.19. The number of nitrogens with zero attached hydrogens (tertiary/aromatic N) is 3. The molecule has 0 atom stereocenters. The first-order valence-corrected chi connectivity index (χ1v) is 8.20. The van der Waals surface area contributed by atoms with Gasteiger partial charge in [-0.2, -0.15) is 9.78 Å². The van der Waals surface area contributed by atoms with E-state index >= 15 is 0 Å². The highest BCUT2D eigenvalue weighted by Gasteiger charge is 2.18. The molecule has 1 aromatic carbocycles. The van der Waals surface area contributed by atoms with Gasteiger partial charge in [0, 0.05) is 22.3 Å². The molecular weight excluding hydrogens is 330 g/mol. The lowest BCUT2D eigenvalue weighted by Gasteiger charge is -2.04. The van der Waals surface area contributed by atoms with E-state index in [-0.39, 0.29) is 5.91 Å². The average Bonchev–Trinajstić information content (AvgIpc) is 2.85. The number of hydrogen-bond donors (Lipinski definition) is 0.